The second kappa shape index (κ2) is 8.89. The first-order valence-electron chi connectivity index (χ1n) is 6.28. The summed E-state index contributed by atoms with van der Waals surface area (Å²) in [6, 6.07) is 6.87. The fourth-order valence-electron chi connectivity index (χ4n) is 1.57. The van der Waals surface area contributed by atoms with Crippen LogP contribution in [0.5, 0.6) is 0 Å². The van der Waals surface area contributed by atoms with Crippen LogP contribution in [0.4, 0.5) is 5.69 Å². The van der Waals surface area contributed by atoms with Gasteiger partial charge >= 0.3 is 0 Å². The van der Waals surface area contributed by atoms with E-state index in [4.69, 9.17) is 10.6 Å². The van der Waals surface area contributed by atoms with Crippen molar-refractivity contribution in [3.05, 3.63) is 29.8 Å². The number of hydrogen-bond donors (Lipinski definition) is 4. The summed E-state index contributed by atoms with van der Waals surface area (Å²) in [6.07, 6.45) is 0.216. The van der Waals surface area contributed by atoms with E-state index in [1.807, 2.05) is 0 Å². The molecular formula is C13H20N4O3. The van der Waals surface area contributed by atoms with Crippen LogP contribution in [0.2, 0.25) is 0 Å². The lowest BCUT2D eigenvalue weighted by Gasteiger charge is -2.09. The van der Waals surface area contributed by atoms with Gasteiger partial charge in [0.25, 0.3) is 5.91 Å². The molecule has 2 amide bonds. The van der Waals surface area contributed by atoms with Crippen molar-refractivity contribution in [3.63, 3.8) is 0 Å². The Hall–Kier alpha value is -2.12. The van der Waals surface area contributed by atoms with Crippen molar-refractivity contribution in [2.45, 2.75) is 6.42 Å². The number of para-hydroxylation sites is 1. The van der Waals surface area contributed by atoms with Crippen LogP contribution in [0.25, 0.3) is 0 Å². The Morgan fingerprint density at radius 2 is 1.95 bits per heavy atom. The highest BCUT2D eigenvalue weighted by molar-refractivity contribution is 5.99. The van der Waals surface area contributed by atoms with Crippen LogP contribution in [-0.4, -0.2) is 38.6 Å². The van der Waals surface area contributed by atoms with Crippen LogP contribution < -0.4 is 21.9 Å². The zero-order valence-electron chi connectivity index (χ0n) is 11.4. The molecule has 0 aliphatic rings. The first-order valence-corrected chi connectivity index (χ1v) is 6.28. The van der Waals surface area contributed by atoms with Crippen molar-refractivity contribution in [3.8, 4) is 0 Å². The molecule has 7 nitrogen and oxygen atoms in total. The van der Waals surface area contributed by atoms with E-state index in [2.05, 4.69) is 16.1 Å². The van der Waals surface area contributed by atoms with Gasteiger partial charge in [-0.15, -0.1) is 0 Å². The average Bonchev–Trinajstić information content (AvgIpc) is 2.47. The van der Waals surface area contributed by atoms with Crippen LogP contribution in [0.3, 0.4) is 0 Å². The van der Waals surface area contributed by atoms with Gasteiger partial charge in [-0.1, -0.05) is 12.1 Å². The Kier molecular flexibility index (Phi) is 7.08. The fourth-order valence-corrected chi connectivity index (χ4v) is 1.57. The number of hydrogen-bond acceptors (Lipinski definition) is 5. The summed E-state index contributed by atoms with van der Waals surface area (Å²) < 4.78 is 4.82. The molecule has 110 valence electrons. The van der Waals surface area contributed by atoms with Gasteiger partial charge in [0.1, 0.15) is 0 Å². The molecule has 20 heavy (non-hydrogen) atoms. The molecule has 1 rings (SSSR count). The monoisotopic (exact) mass is 280 g/mol. The van der Waals surface area contributed by atoms with Gasteiger partial charge < -0.3 is 20.8 Å². The third kappa shape index (κ3) is 5.25. The summed E-state index contributed by atoms with van der Waals surface area (Å²) in [7, 11) is 1.56. The van der Waals surface area contributed by atoms with Gasteiger partial charge in [0.15, 0.2) is 0 Å². The molecule has 0 radical (unpaired) electrons. The molecule has 0 aliphatic carbocycles. The molecule has 0 fully saturated rings. The van der Waals surface area contributed by atoms with E-state index < -0.39 is 0 Å². The van der Waals surface area contributed by atoms with Crippen molar-refractivity contribution >= 4 is 17.5 Å². The maximum absolute atomic E-state index is 11.9. The van der Waals surface area contributed by atoms with Gasteiger partial charge in [0.05, 0.1) is 17.9 Å². The molecule has 1 aromatic rings. The molecule has 0 spiro atoms. The molecule has 0 saturated carbocycles. The first-order chi connectivity index (χ1) is 9.69. The molecule has 0 heterocycles. The SMILES string of the molecule is COCCNC(=O)CCNC(=O)c1ccccc1NN. The summed E-state index contributed by atoms with van der Waals surface area (Å²) >= 11 is 0. The number of carbonyl (C=O) groups is 2. The van der Waals surface area contributed by atoms with E-state index in [0.717, 1.165) is 0 Å². The molecule has 5 N–H and O–H groups in total. The summed E-state index contributed by atoms with van der Waals surface area (Å²) in [5, 5.41) is 5.34. The molecule has 7 heteroatoms. The van der Waals surface area contributed by atoms with E-state index in [9.17, 15) is 9.59 Å². The highest BCUT2D eigenvalue weighted by atomic mass is 16.5. The Labute approximate surface area is 117 Å². The van der Waals surface area contributed by atoms with Gasteiger partial charge in [-0.2, -0.15) is 0 Å². The van der Waals surface area contributed by atoms with E-state index >= 15 is 0 Å². The van der Waals surface area contributed by atoms with Crippen molar-refractivity contribution < 1.29 is 14.3 Å². The number of nitrogen functional groups attached to an aromatic ring is 1. The molecule has 0 bridgehead atoms. The number of amides is 2. The van der Waals surface area contributed by atoms with Gasteiger partial charge in [0, 0.05) is 26.6 Å². The lowest BCUT2D eigenvalue weighted by molar-refractivity contribution is -0.121. The van der Waals surface area contributed by atoms with Crippen LogP contribution in [0.15, 0.2) is 24.3 Å². The number of benzene rings is 1. The number of ether oxygens (including phenoxy) is 1. The van der Waals surface area contributed by atoms with Crippen LogP contribution in [0, 0.1) is 0 Å². The van der Waals surface area contributed by atoms with Gasteiger partial charge in [-0.05, 0) is 12.1 Å². The average molecular weight is 280 g/mol. The lowest BCUT2D eigenvalue weighted by Crippen LogP contribution is -2.32. The van der Waals surface area contributed by atoms with Crippen LogP contribution in [0.1, 0.15) is 16.8 Å². The number of nitrogens with one attached hydrogen (secondary N) is 3. The molecule has 0 atom stereocenters. The van der Waals surface area contributed by atoms with Crippen molar-refractivity contribution in [1.29, 1.82) is 0 Å². The number of hydrazine groups is 1. The quantitative estimate of drug-likeness (QED) is 0.301. The first kappa shape index (κ1) is 15.9. The van der Waals surface area contributed by atoms with E-state index in [0.29, 0.717) is 24.4 Å². The zero-order chi connectivity index (χ0) is 14.8. The number of methoxy groups -OCH3 is 1. The minimum atomic E-state index is -0.275. The smallest absolute Gasteiger partial charge is 0.253 e. The Balaban J connectivity index is 2.34. The van der Waals surface area contributed by atoms with Crippen LogP contribution >= 0.6 is 0 Å². The Bertz CT molecular complexity index is 451. The summed E-state index contributed by atoms with van der Waals surface area (Å²) in [5.41, 5.74) is 3.43. The zero-order valence-corrected chi connectivity index (χ0v) is 11.4. The standard InChI is InChI=1S/C13H20N4O3/c1-20-9-8-15-12(18)6-7-16-13(19)10-4-2-3-5-11(10)17-14/h2-5,17H,6-9,14H2,1H3,(H,15,18)(H,16,19). The predicted molar refractivity (Wildman–Crippen MR) is 76.1 cm³/mol. The molecule has 0 aromatic heterocycles. The molecule has 0 aliphatic heterocycles. The van der Waals surface area contributed by atoms with E-state index in [-0.39, 0.29) is 24.8 Å². The van der Waals surface area contributed by atoms with E-state index in [1.54, 1.807) is 31.4 Å². The van der Waals surface area contributed by atoms with Crippen molar-refractivity contribution in [2.75, 3.05) is 32.2 Å². The second-order valence-corrected chi connectivity index (χ2v) is 4.04. The number of rotatable bonds is 8. The van der Waals surface area contributed by atoms with E-state index in [1.165, 1.54) is 0 Å². The summed E-state index contributed by atoms with van der Waals surface area (Å²) in [6.45, 7) is 1.19. The molecule has 0 unspecified atom stereocenters. The third-order valence-corrected chi connectivity index (χ3v) is 2.59. The minimum Gasteiger partial charge on any atom is -0.383 e. The maximum atomic E-state index is 11.9. The molecule has 0 saturated heterocycles. The number of anilines is 1. The van der Waals surface area contributed by atoms with Gasteiger partial charge in [-0.3, -0.25) is 15.4 Å². The number of carbonyl (C=O) groups excluding carboxylic acids is 2. The lowest BCUT2D eigenvalue weighted by atomic mass is 10.1. The van der Waals surface area contributed by atoms with Crippen LogP contribution in [-0.2, 0) is 9.53 Å². The summed E-state index contributed by atoms with van der Waals surface area (Å²) in [5.74, 6) is 4.92. The second-order valence-electron chi connectivity index (χ2n) is 4.04. The van der Waals surface area contributed by atoms with Gasteiger partial charge in [-0.25, -0.2) is 0 Å². The fraction of sp³-hybridized carbons (Fsp3) is 0.385. The highest BCUT2D eigenvalue weighted by Crippen LogP contribution is 2.12. The van der Waals surface area contributed by atoms with Crippen molar-refractivity contribution in [1.82, 2.24) is 10.6 Å². The maximum Gasteiger partial charge on any atom is 0.253 e. The van der Waals surface area contributed by atoms with Crippen molar-refractivity contribution in [2.24, 2.45) is 5.84 Å². The molecular weight excluding hydrogens is 260 g/mol. The minimum absolute atomic E-state index is 0.132. The predicted octanol–water partition coefficient (Wildman–Crippen LogP) is -0.145. The van der Waals surface area contributed by atoms with Gasteiger partial charge in [0.2, 0.25) is 5.91 Å². The normalized spacial score (nSPS) is 9.90. The summed E-state index contributed by atoms with van der Waals surface area (Å²) in [4.78, 5) is 23.3. The highest BCUT2D eigenvalue weighted by Gasteiger charge is 2.10. The topological polar surface area (TPSA) is 105 Å². The Morgan fingerprint density at radius 3 is 2.65 bits per heavy atom. The Morgan fingerprint density at radius 1 is 1.20 bits per heavy atom. The number of nitrogens with two attached hydrogens (primary N) is 1. The third-order valence-electron chi connectivity index (χ3n) is 2.59. The molecule has 1 aromatic carbocycles. The largest absolute Gasteiger partial charge is 0.383 e.